The normalized spacial score (nSPS) is 13.3. The standard InChI is InChI=1S/C25H29NO/c1-19-13-14-25(27)24(17-19)23(22-11-7-4-8-12-22)15-16-26-20(2)18-21-9-5-3-6-10-21/h3-14,17,20,23,26-27H,15-16,18H2,1-2H3. The minimum Gasteiger partial charge on any atom is -0.508 e. The largest absolute Gasteiger partial charge is 0.508 e. The Bertz CT molecular complexity index is 829. The third-order valence-corrected chi connectivity index (χ3v) is 5.07. The Kier molecular flexibility index (Phi) is 6.67. The molecule has 0 aliphatic carbocycles. The highest BCUT2D eigenvalue weighted by Crippen LogP contribution is 2.34. The van der Waals surface area contributed by atoms with Crippen molar-refractivity contribution in [1.82, 2.24) is 5.32 Å². The molecule has 0 spiro atoms. The van der Waals surface area contributed by atoms with Gasteiger partial charge in [0.2, 0.25) is 0 Å². The van der Waals surface area contributed by atoms with Gasteiger partial charge >= 0.3 is 0 Å². The molecule has 3 rings (SSSR count). The summed E-state index contributed by atoms with van der Waals surface area (Å²) < 4.78 is 0. The van der Waals surface area contributed by atoms with E-state index in [4.69, 9.17) is 0 Å². The first kappa shape index (κ1) is 19.2. The molecular formula is C25H29NO. The highest BCUT2D eigenvalue weighted by molar-refractivity contribution is 5.43. The second-order valence-electron chi connectivity index (χ2n) is 7.36. The van der Waals surface area contributed by atoms with Gasteiger partial charge in [0, 0.05) is 17.5 Å². The first-order valence-electron chi connectivity index (χ1n) is 9.75. The van der Waals surface area contributed by atoms with Crippen LogP contribution in [0.1, 0.15) is 41.5 Å². The summed E-state index contributed by atoms with van der Waals surface area (Å²) in [7, 11) is 0. The van der Waals surface area contributed by atoms with Crippen molar-refractivity contribution in [1.29, 1.82) is 0 Å². The number of aryl methyl sites for hydroxylation is 1. The lowest BCUT2D eigenvalue weighted by molar-refractivity contribution is 0.458. The lowest BCUT2D eigenvalue weighted by Crippen LogP contribution is -2.30. The first-order chi connectivity index (χ1) is 13.1. The van der Waals surface area contributed by atoms with E-state index in [0.29, 0.717) is 11.8 Å². The molecule has 0 saturated carbocycles. The second kappa shape index (κ2) is 9.38. The van der Waals surface area contributed by atoms with E-state index in [2.05, 4.69) is 79.8 Å². The van der Waals surface area contributed by atoms with E-state index in [9.17, 15) is 5.11 Å². The van der Waals surface area contributed by atoms with Gasteiger partial charge in [0.25, 0.3) is 0 Å². The van der Waals surface area contributed by atoms with Gasteiger partial charge in [-0.15, -0.1) is 0 Å². The Balaban J connectivity index is 1.68. The Labute approximate surface area is 162 Å². The Morgan fingerprint density at radius 3 is 2.26 bits per heavy atom. The van der Waals surface area contributed by atoms with E-state index < -0.39 is 0 Å². The van der Waals surface area contributed by atoms with Crippen LogP contribution in [0, 0.1) is 6.92 Å². The van der Waals surface area contributed by atoms with E-state index >= 15 is 0 Å². The highest BCUT2D eigenvalue weighted by atomic mass is 16.3. The summed E-state index contributed by atoms with van der Waals surface area (Å²) in [6.45, 7) is 5.21. The van der Waals surface area contributed by atoms with E-state index in [1.807, 2.05) is 18.2 Å². The Morgan fingerprint density at radius 1 is 0.889 bits per heavy atom. The van der Waals surface area contributed by atoms with Crippen molar-refractivity contribution in [2.75, 3.05) is 6.54 Å². The zero-order chi connectivity index (χ0) is 19.1. The average Bonchev–Trinajstić information content (AvgIpc) is 2.69. The topological polar surface area (TPSA) is 32.3 Å². The van der Waals surface area contributed by atoms with Gasteiger partial charge in [-0.2, -0.15) is 0 Å². The average molecular weight is 360 g/mol. The molecule has 0 amide bonds. The molecule has 0 radical (unpaired) electrons. The van der Waals surface area contributed by atoms with Gasteiger partial charge in [0.1, 0.15) is 5.75 Å². The van der Waals surface area contributed by atoms with Gasteiger partial charge in [0.05, 0.1) is 0 Å². The molecule has 2 nitrogen and oxygen atoms in total. The van der Waals surface area contributed by atoms with Gasteiger partial charge in [-0.1, -0.05) is 78.4 Å². The number of aromatic hydroxyl groups is 1. The lowest BCUT2D eigenvalue weighted by Gasteiger charge is -2.21. The molecule has 3 aromatic carbocycles. The van der Waals surface area contributed by atoms with Crippen molar-refractivity contribution in [3.05, 3.63) is 101 Å². The highest BCUT2D eigenvalue weighted by Gasteiger charge is 2.18. The summed E-state index contributed by atoms with van der Waals surface area (Å²) in [5, 5.41) is 14.1. The van der Waals surface area contributed by atoms with E-state index in [-0.39, 0.29) is 5.92 Å². The molecule has 0 heterocycles. The fourth-order valence-electron chi connectivity index (χ4n) is 3.65. The van der Waals surface area contributed by atoms with Crippen LogP contribution in [-0.4, -0.2) is 17.7 Å². The fourth-order valence-corrected chi connectivity index (χ4v) is 3.65. The van der Waals surface area contributed by atoms with Crippen LogP contribution in [0.5, 0.6) is 5.75 Å². The number of rotatable bonds is 8. The smallest absolute Gasteiger partial charge is 0.119 e. The maximum absolute atomic E-state index is 10.4. The van der Waals surface area contributed by atoms with Crippen LogP contribution in [0.4, 0.5) is 0 Å². The molecule has 0 bridgehead atoms. The molecule has 2 atom stereocenters. The quantitative estimate of drug-likeness (QED) is 0.561. The summed E-state index contributed by atoms with van der Waals surface area (Å²) in [5.74, 6) is 0.564. The zero-order valence-electron chi connectivity index (χ0n) is 16.2. The predicted octanol–water partition coefficient (Wildman–Crippen LogP) is 5.44. The second-order valence-corrected chi connectivity index (χ2v) is 7.36. The maximum atomic E-state index is 10.4. The Hall–Kier alpha value is -2.58. The third-order valence-electron chi connectivity index (χ3n) is 5.07. The molecular weight excluding hydrogens is 330 g/mol. The minimum atomic E-state index is 0.183. The number of hydrogen-bond acceptors (Lipinski definition) is 2. The summed E-state index contributed by atoms with van der Waals surface area (Å²) in [6.07, 6.45) is 1.96. The summed E-state index contributed by atoms with van der Waals surface area (Å²) >= 11 is 0. The SMILES string of the molecule is Cc1ccc(O)c(C(CCNC(C)Cc2ccccc2)c2ccccc2)c1. The van der Waals surface area contributed by atoms with Crippen molar-refractivity contribution < 1.29 is 5.11 Å². The molecule has 0 fully saturated rings. The molecule has 2 N–H and O–H groups in total. The van der Waals surface area contributed by atoms with E-state index in [0.717, 1.165) is 24.9 Å². The summed E-state index contributed by atoms with van der Waals surface area (Å²) in [5.41, 5.74) is 4.79. The first-order valence-corrected chi connectivity index (χ1v) is 9.75. The van der Waals surface area contributed by atoms with Crippen molar-refractivity contribution in [3.63, 3.8) is 0 Å². The van der Waals surface area contributed by atoms with Crippen molar-refractivity contribution >= 4 is 0 Å². The number of hydrogen-bond donors (Lipinski definition) is 2. The van der Waals surface area contributed by atoms with E-state index in [1.165, 1.54) is 16.7 Å². The van der Waals surface area contributed by atoms with Crippen LogP contribution < -0.4 is 5.32 Å². The molecule has 2 unspecified atom stereocenters. The maximum Gasteiger partial charge on any atom is 0.119 e. The van der Waals surface area contributed by atoms with Crippen LogP contribution >= 0.6 is 0 Å². The molecule has 0 saturated heterocycles. The molecule has 0 aromatic heterocycles. The molecule has 27 heavy (non-hydrogen) atoms. The fraction of sp³-hybridized carbons (Fsp3) is 0.280. The number of nitrogens with one attached hydrogen (secondary N) is 1. The minimum absolute atomic E-state index is 0.183. The lowest BCUT2D eigenvalue weighted by atomic mass is 9.87. The summed E-state index contributed by atoms with van der Waals surface area (Å²) in [6, 6.07) is 27.4. The third kappa shape index (κ3) is 5.45. The van der Waals surface area contributed by atoms with Gasteiger partial charge in [-0.05, 0) is 50.4 Å². The van der Waals surface area contributed by atoms with Crippen LogP contribution in [0.15, 0.2) is 78.9 Å². The molecule has 3 aromatic rings. The zero-order valence-corrected chi connectivity index (χ0v) is 16.2. The van der Waals surface area contributed by atoms with Crippen molar-refractivity contribution in [2.24, 2.45) is 0 Å². The number of benzene rings is 3. The van der Waals surface area contributed by atoms with Crippen LogP contribution in [-0.2, 0) is 6.42 Å². The van der Waals surface area contributed by atoms with Gasteiger partial charge in [-0.25, -0.2) is 0 Å². The summed E-state index contributed by atoms with van der Waals surface area (Å²) in [4.78, 5) is 0. The predicted molar refractivity (Wildman–Crippen MR) is 113 cm³/mol. The van der Waals surface area contributed by atoms with Gasteiger partial charge in [-0.3, -0.25) is 0 Å². The molecule has 140 valence electrons. The van der Waals surface area contributed by atoms with E-state index in [1.54, 1.807) is 0 Å². The van der Waals surface area contributed by atoms with Crippen LogP contribution in [0.25, 0.3) is 0 Å². The van der Waals surface area contributed by atoms with Crippen molar-refractivity contribution in [2.45, 2.75) is 38.6 Å². The molecule has 0 aliphatic rings. The van der Waals surface area contributed by atoms with Gasteiger partial charge in [0.15, 0.2) is 0 Å². The molecule has 0 aliphatic heterocycles. The number of phenolic OH excluding ortho intramolecular Hbond substituents is 1. The Morgan fingerprint density at radius 2 is 1.56 bits per heavy atom. The molecule has 2 heteroatoms. The monoisotopic (exact) mass is 359 g/mol. The van der Waals surface area contributed by atoms with Gasteiger partial charge < -0.3 is 10.4 Å². The number of phenols is 1. The van der Waals surface area contributed by atoms with Crippen molar-refractivity contribution in [3.8, 4) is 5.75 Å². The van der Waals surface area contributed by atoms with Crippen LogP contribution in [0.2, 0.25) is 0 Å². The van der Waals surface area contributed by atoms with Crippen LogP contribution in [0.3, 0.4) is 0 Å².